The molecule has 26 heavy (non-hydrogen) atoms. The number of hydrogen-bond acceptors (Lipinski definition) is 5. The normalized spacial score (nSPS) is 14.9. The van der Waals surface area contributed by atoms with Crippen LogP contribution in [0.2, 0.25) is 0 Å². The molecule has 7 heteroatoms. The predicted octanol–water partition coefficient (Wildman–Crippen LogP) is 1.91. The molecule has 0 aromatic carbocycles. The second kappa shape index (κ2) is 8.03. The highest BCUT2D eigenvalue weighted by atomic mass is 16.3. The Bertz CT molecular complexity index is 733. The second-order valence-corrected chi connectivity index (χ2v) is 6.72. The number of rotatable bonds is 5. The standard InChI is InChI=1S/C19H24N4O3/c1-22(2)17-4-3-14(11-20-17)12-21-18(24)15-5-8-23(9-6-15)19(25)16-7-10-26-13-16/h3-4,7,10-11,13,15H,5-6,8-9,12H2,1-2H3,(H,21,24). The van der Waals surface area contributed by atoms with E-state index in [0.717, 1.165) is 11.4 Å². The molecule has 0 radical (unpaired) electrons. The molecule has 7 nitrogen and oxygen atoms in total. The van der Waals surface area contributed by atoms with Gasteiger partial charge in [0.1, 0.15) is 12.1 Å². The van der Waals surface area contributed by atoms with E-state index in [9.17, 15) is 9.59 Å². The molecule has 2 aromatic heterocycles. The van der Waals surface area contributed by atoms with Crippen molar-refractivity contribution in [3.8, 4) is 0 Å². The number of carbonyl (C=O) groups is 2. The predicted molar refractivity (Wildman–Crippen MR) is 97.7 cm³/mol. The maximum Gasteiger partial charge on any atom is 0.257 e. The number of nitrogens with one attached hydrogen (secondary N) is 1. The molecule has 1 saturated heterocycles. The number of carbonyl (C=O) groups excluding carboxylic acids is 2. The van der Waals surface area contributed by atoms with Gasteiger partial charge in [-0.3, -0.25) is 9.59 Å². The molecule has 0 unspecified atom stereocenters. The fourth-order valence-electron chi connectivity index (χ4n) is 3.03. The molecule has 3 heterocycles. The first kappa shape index (κ1) is 18.0. The highest BCUT2D eigenvalue weighted by molar-refractivity contribution is 5.94. The summed E-state index contributed by atoms with van der Waals surface area (Å²) in [7, 11) is 3.88. The first-order chi connectivity index (χ1) is 12.5. The van der Waals surface area contributed by atoms with Gasteiger partial charge in [-0.15, -0.1) is 0 Å². The summed E-state index contributed by atoms with van der Waals surface area (Å²) in [5, 5.41) is 2.98. The van der Waals surface area contributed by atoms with E-state index in [1.54, 1.807) is 17.2 Å². The summed E-state index contributed by atoms with van der Waals surface area (Å²) in [4.78, 5) is 32.7. The minimum Gasteiger partial charge on any atom is -0.472 e. The molecule has 0 aliphatic carbocycles. The van der Waals surface area contributed by atoms with Crippen LogP contribution in [0.25, 0.3) is 0 Å². The first-order valence-corrected chi connectivity index (χ1v) is 8.76. The van der Waals surface area contributed by atoms with E-state index in [1.807, 2.05) is 31.1 Å². The number of likely N-dealkylation sites (tertiary alicyclic amines) is 1. The Labute approximate surface area is 153 Å². The van der Waals surface area contributed by atoms with Crippen molar-refractivity contribution in [2.24, 2.45) is 5.92 Å². The zero-order chi connectivity index (χ0) is 18.5. The maximum absolute atomic E-state index is 12.4. The Kier molecular flexibility index (Phi) is 5.55. The molecule has 3 rings (SSSR count). The average Bonchev–Trinajstić information content (AvgIpc) is 3.20. The van der Waals surface area contributed by atoms with Crippen molar-refractivity contribution in [3.63, 3.8) is 0 Å². The van der Waals surface area contributed by atoms with Gasteiger partial charge in [0, 0.05) is 45.8 Å². The lowest BCUT2D eigenvalue weighted by molar-refractivity contribution is -0.126. The van der Waals surface area contributed by atoms with E-state index in [2.05, 4.69) is 10.3 Å². The van der Waals surface area contributed by atoms with Gasteiger partial charge in [0.15, 0.2) is 0 Å². The van der Waals surface area contributed by atoms with E-state index in [4.69, 9.17) is 4.42 Å². The van der Waals surface area contributed by atoms with Crippen LogP contribution in [0.15, 0.2) is 41.3 Å². The van der Waals surface area contributed by atoms with Crippen LogP contribution >= 0.6 is 0 Å². The quantitative estimate of drug-likeness (QED) is 0.885. The van der Waals surface area contributed by atoms with Gasteiger partial charge in [-0.2, -0.15) is 0 Å². The molecule has 0 saturated carbocycles. The Morgan fingerprint density at radius 3 is 2.62 bits per heavy atom. The summed E-state index contributed by atoms with van der Waals surface area (Å²) >= 11 is 0. The van der Waals surface area contributed by atoms with Gasteiger partial charge in [0.2, 0.25) is 5.91 Å². The number of piperidine rings is 1. The fourth-order valence-corrected chi connectivity index (χ4v) is 3.03. The van der Waals surface area contributed by atoms with Gasteiger partial charge in [0.25, 0.3) is 5.91 Å². The summed E-state index contributed by atoms with van der Waals surface area (Å²) < 4.78 is 4.96. The van der Waals surface area contributed by atoms with Crippen molar-refractivity contribution in [1.82, 2.24) is 15.2 Å². The number of furan rings is 1. The molecule has 1 N–H and O–H groups in total. The lowest BCUT2D eigenvalue weighted by atomic mass is 9.95. The fraction of sp³-hybridized carbons (Fsp3) is 0.421. The molecule has 0 bridgehead atoms. The van der Waals surface area contributed by atoms with Crippen molar-refractivity contribution >= 4 is 17.6 Å². The largest absolute Gasteiger partial charge is 0.472 e. The first-order valence-electron chi connectivity index (χ1n) is 8.76. The number of anilines is 1. The molecular weight excluding hydrogens is 332 g/mol. The van der Waals surface area contributed by atoms with Crippen molar-refractivity contribution in [1.29, 1.82) is 0 Å². The highest BCUT2D eigenvalue weighted by Crippen LogP contribution is 2.19. The van der Waals surface area contributed by atoms with E-state index in [-0.39, 0.29) is 17.7 Å². The van der Waals surface area contributed by atoms with Crippen molar-refractivity contribution < 1.29 is 14.0 Å². The molecule has 1 aliphatic heterocycles. The minimum absolute atomic E-state index is 0.0373. The monoisotopic (exact) mass is 356 g/mol. The summed E-state index contributed by atoms with van der Waals surface area (Å²) in [6, 6.07) is 5.56. The molecule has 2 amide bonds. The zero-order valence-electron chi connectivity index (χ0n) is 15.1. The number of amides is 2. The van der Waals surface area contributed by atoms with Crippen LogP contribution in [0.4, 0.5) is 5.82 Å². The van der Waals surface area contributed by atoms with Crippen LogP contribution in [0, 0.1) is 5.92 Å². The molecule has 138 valence electrons. The van der Waals surface area contributed by atoms with Crippen molar-refractivity contribution in [2.75, 3.05) is 32.1 Å². The Balaban J connectivity index is 1.45. The van der Waals surface area contributed by atoms with E-state index in [0.29, 0.717) is 38.0 Å². The zero-order valence-corrected chi connectivity index (χ0v) is 15.1. The second-order valence-electron chi connectivity index (χ2n) is 6.72. The number of aromatic nitrogens is 1. The third-order valence-corrected chi connectivity index (χ3v) is 4.66. The lowest BCUT2D eigenvalue weighted by Gasteiger charge is -2.31. The molecule has 0 spiro atoms. The summed E-state index contributed by atoms with van der Waals surface area (Å²) in [5.74, 6) is 0.828. The minimum atomic E-state index is -0.0580. The molecular formula is C19H24N4O3. The SMILES string of the molecule is CN(C)c1ccc(CNC(=O)C2CCN(C(=O)c3ccoc3)CC2)cn1. The van der Waals surface area contributed by atoms with Crippen LogP contribution in [-0.4, -0.2) is 48.9 Å². The van der Waals surface area contributed by atoms with Crippen molar-refractivity contribution in [2.45, 2.75) is 19.4 Å². The van der Waals surface area contributed by atoms with Gasteiger partial charge in [0.05, 0.1) is 11.8 Å². The van der Waals surface area contributed by atoms with E-state index >= 15 is 0 Å². The smallest absolute Gasteiger partial charge is 0.257 e. The van der Waals surface area contributed by atoms with Crippen LogP contribution in [0.5, 0.6) is 0 Å². The van der Waals surface area contributed by atoms with Gasteiger partial charge in [-0.05, 0) is 30.5 Å². The van der Waals surface area contributed by atoms with E-state index < -0.39 is 0 Å². The van der Waals surface area contributed by atoms with E-state index in [1.165, 1.54) is 12.5 Å². The summed E-state index contributed by atoms with van der Waals surface area (Å²) in [6.45, 7) is 1.64. The lowest BCUT2D eigenvalue weighted by Crippen LogP contribution is -2.42. The number of pyridine rings is 1. The Morgan fingerprint density at radius 2 is 2.04 bits per heavy atom. The molecule has 0 atom stereocenters. The van der Waals surface area contributed by atoms with Gasteiger partial charge < -0.3 is 19.5 Å². The third-order valence-electron chi connectivity index (χ3n) is 4.66. The molecule has 1 fully saturated rings. The average molecular weight is 356 g/mol. The van der Waals surface area contributed by atoms with Gasteiger partial charge >= 0.3 is 0 Å². The topological polar surface area (TPSA) is 78.7 Å². The van der Waals surface area contributed by atoms with Crippen LogP contribution in [0.1, 0.15) is 28.8 Å². The summed E-state index contributed by atoms with van der Waals surface area (Å²) in [5.41, 5.74) is 1.53. The number of hydrogen-bond donors (Lipinski definition) is 1. The number of nitrogens with zero attached hydrogens (tertiary/aromatic N) is 3. The maximum atomic E-state index is 12.4. The summed E-state index contributed by atoms with van der Waals surface area (Å²) in [6.07, 6.45) is 6.08. The van der Waals surface area contributed by atoms with Crippen LogP contribution < -0.4 is 10.2 Å². The van der Waals surface area contributed by atoms with Crippen LogP contribution in [-0.2, 0) is 11.3 Å². The van der Waals surface area contributed by atoms with Crippen molar-refractivity contribution in [3.05, 3.63) is 48.0 Å². The van der Waals surface area contributed by atoms with Gasteiger partial charge in [-0.25, -0.2) is 4.98 Å². The molecule has 2 aromatic rings. The Hall–Kier alpha value is -2.83. The van der Waals surface area contributed by atoms with Gasteiger partial charge in [-0.1, -0.05) is 6.07 Å². The highest BCUT2D eigenvalue weighted by Gasteiger charge is 2.28. The Morgan fingerprint density at radius 1 is 1.27 bits per heavy atom. The molecule has 1 aliphatic rings. The third kappa shape index (κ3) is 4.22. The van der Waals surface area contributed by atoms with Crippen LogP contribution in [0.3, 0.4) is 0 Å².